The van der Waals surface area contributed by atoms with Crippen molar-refractivity contribution in [2.75, 3.05) is 0 Å². The van der Waals surface area contributed by atoms with Crippen LogP contribution in [0.4, 0.5) is 0 Å². The zero-order valence-corrected chi connectivity index (χ0v) is 13.8. The van der Waals surface area contributed by atoms with E-state index in [1.807, 2.05) is 0 Å². The lowest BCUT2D eigenvalue weighted by molar-refractivity contribution is 1.20. The second kappa shape index (κ2) is 4.70. The van der Waals surface area contributed by atoms with E-state index in [9.17, 15) is 0 Å². The van der Waals surface area contributed by atoms with Crippen molar-refractivity contribution in [3.63, 3.8) is 0 Å². The molecule has 0 N–H and O–H groups in total. The SMILES string of the molecule is c1ccc(Cc2ccc3c4ccc5c6ccccc6c5c4c3c2)cc1. The van der Waals surface area contributed by atoms with Crippen LogP contribution in [0.25, 0.3) is 43.1 Å². The predicted octanol–water partition coefficient (Wildman–Crippen LogP) is 6.77. The molecule has 0 aromatic heterocycles. The third-order valence-electron chi connectivity index (χ3n) is 5.59. The fraction of sp³-hybridized carbons (Fsp3) is 0.0400. The van der Waals surface area contributed by atoms with Gasteiger partial charge in [-0.1, -0.05) is 84.9 Å². The van der Waals surface area contributed by atoms with Gasteiger partial charge in [0.15, 0.2) is 0 Å². The van der Waals surface area contributed by atoms with Crippen molar-refractivity contribution in [3.8, 4) is 0 Å². The van der Waals surface area contributed by atoms with Crippen molar-refractivity contribution in [2.24, 2.45) is 0 Å². The first-order valence-electron chi connectivity index (χ1n) is 8.84. The van der Waals surface area contributed by atoms with Crippen LogP contribution >= 0.6 is 0 Å². The third-order valence-corrected chi connectivity index (χ3v) is 5.59. The molecule has 0 nitrogen and oxygen atoms in total. The Morgan fingerprint density at radius 1 is 0.400 bits per heavy atom. The molecule has 6 rings (SSSR count). The minimum atomic E-state index is 0.995. The summed E-state index contributed by atoms with van der Waals surface area (Å²) in [4.78, 5) is 0. The minimum Gasteiger partial charge on any atom is -0.0622 e. The fourth-order valence-electron chi connectivity index (χ4n) is 4.40. The van der Waals surface area contributed by atoms with Crippen LogP contribution in [-0.4, -0.2) is 0 Å². The van der Waals surface area contributed by atoms with Crippen LogP contribution in [0.1, 0.15) is 11.1 Å². The molecule has 6 aromatic rings. The Morgan fingerprint density at radius 3 is 1.76 bits per heavy atom. The average molecular weight is 316 g/mol. The van der Waals surface area contributed by atoms with Crippen molar-refractivity contribution < 1.29 is 0 Å². The first-order valence-corrected chi connectivity index (χ1v) is 8.84. The second-order valence-electron chi connectivity index (χ2n) is 7.00. The highest BCUT2D eigenvalue weighted by molar-refractivity contribution is 6.42. The smallest absolute Gasteiger partial charge is 0.00138 e. The maximum absolute atomic E-state index is 2.39. The van der Waals surface area contributed by atoms with E-state index in [0.29, 0.717) is 0 Å². The summed E-state index contributed by atoms with van der Waals surface area (Å²) in [6.07, 6.45) is 0.995. The van der Waals surface area contributed by atoms with E-state index in [-0.39, 0.29) is 0 Å². The van der Waals surface area contributed by atoms with Crippen LogP contribution in [-0.2, 0) is 6.42 Å². The Labute approximate surface area is 146 Å². The molecular weight excluding hydrogens is 300 g/mol. The molecule has 0 unspecified atom stereocenters. The van der Waals surface area contributed by atoms with Gasteiger partial charge in [-0.3, -0.25) is 0 Å². The summed E-state index contributed by atoms with van der Waals surface area (Å²) in [6, 6.07) is 31.0. The molecule has 0 aliphatic carbocycles. The highest BCUT2D eigenvalue weighted by Gasteiger charge is 2.18. The first kappa shape index (κ1) is 13.2. The average Bonchev–Trinajstić information content (AvgIpc) is 2.65. The Balaban J connectivity index is 1.58. The van der Waals surface area contributed by atoms with Crippen molar-refractivity contribution >= 4 is 43.1 Å². The molecule has 0 heterocycles. The van der Waals surface area contributed by atoms with E-state index in [4.69, 9.17) is 0 Å². The summed E-state index contributed by atoms with van der Waals surface area (Å²) in [6.45, 7) is 0. The van der Waals surface area contributed by atoms with Crippen LogP contribution in [0.15, 0.2) is 84.9 Å². The van der Waals surface area contributed by atoms with Gasteiger partial charge in [-0.2, -0.15) is 0 Å². The summed E-state index contributed by atoms with van der Waals surface area (Å²) < 4.78 is 0. The maximum Gasteiger partial charge on any atom is -0.00138 e. The molecular formula is C25H16. The van der Waals surface area contributed by atoms with Gasteiger partial charge in [-0.15, -0.1) is 0 Å². The van der Waals surface area contributed by atoms with Gasteiger partial charge in [0.1, 0.15) is 0 Å². The summed E-state index contributed by atoms with van der Waals surface area (Å²) in [7, 11) is 0. The molecule has 0 aliphatic rings. The van der Waals surface area contributed by atoms with Gasteiger partial charge < -0.3 is 0 Å². The largest absolute Gasteiger partial charge is 0.0622 e. The van der Waals surface area contributed by atoms with Crippen LogP contribution in [0.2, 0.25) is 0 Å². The third kappa shape index (κ3) is 1.71. The predicted molar refractivity (Wildman–Crippen MR) is 108 cm³/mol. The summed E-state index contributed by atoms with van der Waals surface area (Å²) in [5, 5.41) is 11.4. The molecule has 0 bridgehead atoms. The van der Waals surface area contributed by atoms with E-state index < -0.39 is 0 Å². The lowest BCUT2D eigenvalue weighted by Crippen LogP contribution is -1.94. The molecule has 116 valence electrons. The highest BCUT2D eigenvalue weighted by atomic mass is 14.2. The van der Waals surface area contributed by atoms with Crippen molar-refractivity contribution in [1.29, 1.82) is 0 Å². The van der Waals surface area contributed by atoms with Gasteiger partial charge in [0, 0.05) is 0 Å². The molecule has 25 heavy (non-hydrogen) atoms. The van der Waals surface area contributed by atoms with Crippen LogP contribution in [0.3, 0.4) is 0 Å². The Kier molecular flexibility index (Phi) is 2.48. The lowest BCUT2D eigenvalue weighted by Gasteiger charge is -2.20. The number of fused-ring (bicyclic) bond motifs is 9. The monoisotopic (exact) mass is 316 g/mol. The van der Waals surface area contributed by atoms with E-state index in [1.54, 1.807) is 0 Å². The van der Waals surface area contributed by atoms with Gasteiger partial charge in [0.25, 0.3) is 0 Å². The first-order chi connectivity index (χ1) is 12.4. The number of hydrogen-bond acceptors (Lipinski definition) is 0. The standard InChI is InChI=1S/C25H16/c1-2-6-16(7-3-1)14-17-10-11-19-22-13-12-21-18-8-4-5-9-20(18)24(21)25(22)23(19)15-17/h1-13,15H,14H2. The quantitative estimate of drug-likeness (QED) is 0.331. The lowest BCUT2D eigenvalue weighted by atomic mass is 9.83. The van der Waals surface area contributed by atoms with E-state index >= 15 is 0 Å². The van der Waals surface area contributed by atoms with Crippen LogP contribution in [0.5, 0.6) is 0 Å². The molecule has 6 aromatic carbocycles. The summed E-state index contributed by atoms with van der Waals surface area (Å²) >= 11 is 0. The molecule has 0 fully saturated rings. The normalized spacial score (nSPS) is 12.2. The zero-order valence-electron chi connectivity index (χ0n) is 13.8. The zero-order chi connectivity index (χ0) is 16.4. The molecule has 0 heteroatoms. The number of hydrogen-bond donors (Lipinski definition) is 0. The molecule has 0 saturated heterocycles. The molecule has 0 spiro atoms. The van der Waals surface area contributed by atoms with Gasteiger partial charge in [0.05, 0.1) is 0 Å². The molecule has 0 atom stereocenters. The Hall–Kier alpha value is -3.12. The maximum atomic E-state index is 2.39. The van der Waals surface area contributed by atoms with E-state index in [0.717, 1.165) is 6.42 Å². The van der Waals surface area contributed by atoms with Gasteiger partial charge in [-0.25, -0.2) is 0 Å². The molecule has 0 radical (unpaired) electrons. The molecule has 0 amide bonds. The van der Waals surface area contributed by atoms with E-state index in [2.05, 4.69) is 84.9 Å². The Morgan fingerprint density at radius 2 is 0.960 bits per heavy atom. The van der Waals surface area contributed by atoms with Crippen molar-refractivity contribution in [1.82, 2.24) is 0 Å². The van der Waals surface area contributed by atoms with Crippen molar-refractivity contribution in [2.45, 2.75) is 6.42 Å². The van der Waals surface area contributed by atoms with E-state index in [1.165, 1.54) is 54.2 Å². The van der Waals surface area contributed by atoms with Gasteiger partial charge in [-0.05, 0) is 60.6 Å². The number of rotatable bonds is 2. The fourth-order valence-corrected chi connectivity index (χ4v) is 4.40. The topological polar surface area (TPSA) is 0 Å². The van der Waals surface area contributed by atoms with Crippen LogP contribution in [0, 0.1) is 0 Å². The Bertz CT molecular complexity index is 1330. The van der Waals surface area contributed by atoms with Gasteiger partial charge >= 0.3 is 0 Å². The molecule has 0 aliphatic heterocycles. The minimum absolute atomic E-state index is 0.995. The highest BCUT2D eigenvalue weighted by Crippen LogP contribution is 2.46. The van der Waals surface area contributed by atoms with Gasteiger partial charge in [0.2, 0.25) is 0 Å². The second-order valence-corrected chi connectivity index (χ2v) is 7.00. The summed E-state index contributed by atoms with van der Waals surface area (Å²) in [5.74, 6) is 0. The molecule has 0 saturated carbocycles. The summed E-state index contributed by atoms with van der Waals surface area (Å²) in [5.41, 5.74) is 2.76. The van der Waals surface area contributed by atoms with Crippen LogP contribution < -0.4 is 0 Å². The van der Waals surface area contributed by atoms with Crippen molar-refractivity contribution in [3.05, 3.63) is 96.1 Å². The number of benzene rings is 4.